The van der Waals surface area contributed by atoms with E-state index in [0.717, 1.165) is 24.9 Å². The van der Waals surface area contributed by atoms with Crippen LogP contribution in [0.15, 0.2) is 30.3 Å². The molecule has 0 heterocycles. The Kier molecular flexibility index (Phi) is 7.24. The normalized spacial score (nSPS) is 13.6. The van der Waals surface area contributed by atoms with Crippen LogP contribution in [0, 0.1) is 5.92 Å². The van der Waals surface area contributed by atoms with Gasteiger partial charge in [0, 0.05) is 6.04 Å². The number of hydrogen-bond acceptors (Lipinski definition) is 3. The van der Waals surface area contributed by atoms with Crippen molar-refractivity contribution in [2.45, 2.75) is 39.7 Å². The van der Waals surface area contributed by atoms with Gasteiger partial charge >= 0.3 is 0 Å². The van der Waals surface area contributed by atoms with Crippen molar-refractivity contribution in [3.05, 3.63) is 35.9 Å². The third-order valence-electron chi connectivity index (χ3n) is 3.27. The van der Waals surface area contributed by atoms with E-state index in [0.29, 0.717) is 5.92 Å². The third kappa shape index (κ3) is 6.53. The maximum absolute atomic E-state index is 12.2. The van der Waals surface area contributed by atoms with Gasteiger partial charge in [-0.25, -0.2) is 8.42 Å². The van der Waals surface area contributed by atoms with Gasteiger partial charge in [0.25, 0.3) is 0 Å². The average molecular weight is 297 g/mol. The van der Waals surface area contributed by atoms with Crippen molar-refractivity contribution in [2.75, 3.05) is 18.1 Å². The number of rotatable bonds is 9. The first-order valence-electron chi connectivity index (χ1n) is 7.43. The van der Waals surface area contributed by atoms with Crippen LogP contribution in [0.2, 0.25) is 0 Å². The van der Waals surface area contributed by atoms with Crippen LogP contribution >= 0.6 is 0 Å². The first-order chi connectivity index (χ1) is 9.44. The van der Waals surface area contributed by atoms with Gasteiger partial charge in [-0.3, -0.25) is 0 Å². The zero-order valence-corrected chi connectivity index (χ0v) is 13.6. The third-order valence-corrected chi connectivity index (χ3v) is 4.97. The molecule has 0 aliphatic heterocycles. The Balaban J connectivity index is 2.74. The second kappa shape index (κ2) is 8.42. The second-order valence-corrected chi connectivity index (χ2v) is 7.94. The predicted molar refractivity (Wildman–Crippen MR) is 85.6 cm³/mol. The highest BCUT2D eigenvalue weighted by Gasteiger charge is 2.20. The van der Waals surface area contributed by atoms with Crippen molar-refractivity contribution in [3.63, 3.8) is 0 Å². The summed E-state index contributed by atoms with van der Waals surface area (Å²) in [6, 6.07) is 9.74. The van der Waals surface area contributed by atoms with E-state index in [2.05, 4.69) is 26.1 Å². The molecular weight excluding hydrogens is 270 g/mol. The largest absolute Gasteiger partial charge is 0.309 e. The highest BCUT2D eigenvalue weighted by Crippen LogP contribution is 2.16. The Labute approximate surface area is 123 Å². The summed E-state index contributed by atoms with van der Waals surface area (Å²) in [5.74, 6) is 0.884. The molecular formula is C16H27NO2S. The molecule has 20 heavy (non-hydrogen) atoms. The lowest BCUT2D eigenvalue weighted by Gasteiger charge is -2.19. The highest BCUT2D eigenvalue weighted by atomic mass is 32.2. The Morgan fingerprint density at radius 3 is 2.35 bits per heavy atom. The van der Waals surface area contributed by atoms with E-state index in [1.165, 1.54) is 0 Å². The van der Waals surface area contributed by atoms with Crippen molar-refractivity contribution in [3.8, 4) is 0 Å². The minimum absolute atomic E-state index is 0.103. The molecule has 1 rings (SSSR count). The molecule has 0 aromatic heterocycles. The lowest BCUT2D eigenvalue weighted by atomic mass is 10.1. The summed E-state index contributed by atoms with van der Waals surface area (Å²) in [7, 11) is -3.02. The van der Waals surface area contributed by atoms with Crippen molar-refractivity contribution in [1.29, 1.82) is 0 Å². The Bertz CT molecular complexity index is 469. The van der Waals surface area contributed by atoms with Crippen LogP contribution in [0.4, 0.5) is 0 Å². The van der Waals surface area contributed by atoms with Gasteiger partial charge in [-0.2, -0.15) is 0 Å². The van der Waals surface area contributed by atoms with E-state index in [-0.39, 0.29) is 17.5 Å². The molecule has 0 radical (unpaired) electrons. The number of benzene rings is 1. The predicted octanol–water partition coefficient (Wildman–Crippen LogP) is 3.19. The van der Waals surface area contributed by atoms with Gasteiger partial charge in [0.05, 0.1) is 11.5 Å². The number of nitrogens with one attached hydrogen (secondary N) is 1. The minimum Gasteiger partial charge on any atom is -0.309 e. The molecule has 0 saturated carbocycles. The molecule has 1 unspecified atom stereocenters. The van der Waals surface area contributed by atoms with Gasteiger partial charge < -0.3 is 5.32 Å². The van der Waals surface area contributed by atoms with E-state index < -0.39 is 9.84 Å². The second-order valence-electron chi connectivity index (χ2n) is 5.71. The van der Waals surface area contributed by atoms with E-state index >= 15 is 0 Å². The molecule has 3 nitrogen and oxygen atoms in total. The maximum atomic E-state index is 12.2. The fraction of sp³-hybridized carbons (Fsp3) is 0.625. The molecule has 1 N–H and O–H groups in total. The van der Waals surface area contributed by atoms with E-state index in [9.17, 15) is 8.42 Å². The average Bonchev–Trinajstić information content (AvgIpc) is 2.42. The first kappa shape index (κ1) is 17.2. The van der Waals surface area contributed by atoms with Crippen molar-refractivity contribution in [1.82, 2.24) is 5.32 Å². The SMILES string of the molecule is CCCNC(CS(=O)(=O)CCC(C)C)c1ccccc1. The Hall–Kier alpha value is -0.870. The lowest BCUT2D eigenvalue weighted by Crippen LogP contribution is -2.30. The summed E-state index contributed by atoms with van der Waals surface area (Å²) in [4.78, 5) is 0. The molecule has 0 spiro atoms. The zero-order chi connectivity index (χ0) is 15.0. The maximum Gasteiger partial charge on any atom is 0.152 e. The molecule has 0 aliphatic rings. The molecule has 4 heteroatoms. The summed E-state index contributed by atoms with van der Waals surface area (Å²) in [5.41, 5.74) is 1.05. The fourth-order valence-electron chi connectivity index (χ4n) is 2.03. The summed E-state index contributed by atoms with van der Waals surface area (Å²) in [6.45, 7) is 7.03. The van der Waals surface area contributed by atoms with E-state index in [1.54, 1.807) is 0 Å². The monoisotopic (exact) mass is 297 g/mol. The topological polar surface area (TPSA) is 46.2 Å². The van der Waals surface area contributed by atoms with Gasteiger partial charge in [0.1, 0.15) is 0 Å². The summed E-state index contributed by atoms with van der Waals surface area (Å²) < 4.78 is 24.5. The highest BCUT2D eigenvalue weighted by molar-refractivity contribution is 7.91. The minimum atomic E-state index is -3.02. The van der Waals surface area contributed by atoms with Gasteiger partial charge in [0.2, 0.25) is 0 Å². The quantitative estimate of drug-likeness (QED) is 0.761. The van der Waals surface area contributed by atoms with Crippen LogP contribution in [0.1, 0.15) is 45.2 Å². The molecule has 1 aromatic carbocycles. The van der Waals surface area contributed by atoms with Gasteiger partial charge in [-0.05, 0) is 30.9 Å². The number of sulfone groups is 1. The first-order valence-corrected chi connectivity index (χ1v) is 9.25. The van der Waals surface area contributed by atoms with Crippen LogP contribution in [0.25, 0.3) is 0 Å². The van der Waals surface area contributed by atoms with Gasteiger partial charge in [0.15, 0.2) is 9.84 Å². The fourth-order valence-corrected chi connectivity index (χ4v) is 3.84. The molecule has 1 atom stereocenters. The van der Waals surface area contributed by atoms with E-state index in [4.69, 9.17) is 0 Å². The Morgan fingerprint density at radius 2 is 1.80 bits per heavy atom. The molecule has 0 fully saturated rings. The molecule has 1 aromatic rings. The van der Waals surface area contributed by atoms with Crippen LogP contribution in [0.5, 0.6) is 0 Å². The van der Waals surface area contributed by atoms with Crippen molar-refractivity contribution in [2.24, 2.45) is 5.92 Å². The number of hydrogen-bond donors (Lipinski definition) is 1. The van der Waals surface area contributed by atoms with Crippen LogP contribution in [0.3, 0.4) is 0 Å². The Morgan fingerprint density at radius 1 is 1.15 bits per heavy atom. The van der Waals surface area contributed by atoms with E-state index in [1.807, 2.05) is 30.3 Å². The van der Waals surface area contributed by atoms with Crippen LogP contribution < -0.4 is 5.32 Å². The molecule has 114 valence electrons. The molecule has 0 aliphatic carbocycles. The lowest BCUT2D eigenvalue weighted by molar-refractivity contribution is 0.538. The van der Waals surface area contributed by atoms with Crippen LogP contribution in [-0.2, 0) is 9.84 Å². The van der Waals surface area contributed by atoms with Gasteiger partial charge in [-0.15, -0.1) is 0 Å². The summed E-state index contributed by atoms with van der Waals surface area (Å²) in [6.07, 6.45) is 1.73. The summed E-state index contributed by atoms with van der Waals surface area (Å²) in [5, 5.41) is 3.35. The zero-order valence-electron chi connectivity index (χ0n) is 12.8. The standard InChI is InChI=1S/C16H27NO2S/c1-4-11-17-16(15-8-6-5-7-9-15)13-20(18,19)12-10-14(2)3/h5-9,14,16-17H,4,10-13H2,1-3H3. The van der Waals surface area contributed by atoms with Crippen LogP contribution in [-0.4, -0.2) is 26.5 Å². The summed E-state index contributed by atoms with van der Waals surface area (Å²) >= 11 is 0. The smallest absolute Gasteiger partial charge is 0.152 e. The molecule has 0 bridgehead atoms. The molecule has 0 saturated heterocycles. The molecule has 0 amide bonds. The van der Waals surface area contributed by atoms with Crippen molar-refractivity contribution >= 4 is 9.84 Å². The van der Waals surface area contributed by atoms with Crippen molar-refractivity contribution < 1.29 is 8.42 Å². The van der Waals surface area contributed by atoms with Gasteiger partial charge in [-0.1, -0.05) is 51.1 Å².